The quantitative estimate of drug-likeness (QED) is 0.930. The number of aryl methyl sites for hydroxylation is 1. The fourth-order valence-electron chi connectivity index (χ4n) is 2.73. The predicted octanol–water partition coefficient (Wildman–Crippen LogP) is 3.08. The van der Waals surface area contributed by atoms with Crippen molar-refractivity contribution in [3.8, 4) is 0 Å². The molecule has 6 heteroatoms. The SMILES string of the molecule is Cc1ccc(N2CCN(C(=O)NCc3ccccn3)CC2)cc1Cl. The number of pyridine rings is 1. The molecule has 0 spiro atoms. The Morgan fingerprint density at radius 3 is 2.67 bits per heavy atom. The smallest absolute Gasteiger partial charge is 0.317 e. The van der Waals surface area contributed by atoms with Gasteiger partial charge in [0.1, 0.15) is 0 Å². The fourth-order valence-corrected chi connectivity index (χ4v) is 2.90. The molecule has 0 atom stereocenters. The summed E-state index contributed by atoms with van der Waals surface area (Å²) in [5, 5.41) is 3.71. The van der Waals surface area contributed by atoms with Gasteiger partial charge in [0.2, 0.25) is 0 Å². The van der Waals surface area contributed by atoms with Crippen LogP contribution in [-0.2, 0) is 6.54 Å². The van der Waals surface area contributed by atoms with Gasteiger partial charge in [-0.05, 0) is 36.8 Å². The van der Waals surface area contributed by atoms with E-state index in [1.54, 1.807) is 6.20 Å². The highest BCUT2D eigenvalue weighted by Gasteiger charge is 2.21. The van der Waals surface area contributed by atoms with Gasteiger partial charge in [0.25, 0.3) is 0 Å². The minimum absolute atomic E-state index is 0.0396. The topological polar surface area (TPSA) is 48.5 Å². The number of halogens is 1. The standard InChI is InChI=1S/C18H21ClN4O/c1-14-5-6-16(12-17(14)19)22-8-10-23(11-9-22)18(24)21-13-15-4-2-3-7-20-15/h2-7,12H,8-11,13H2,1H3,(H,21,24). The molecule has 0 radical (unpaired) electrons. The summed E-state index contributed by atoms with van der Waals surface area (Å²) in [5.74, 6) is 0. The summed E-state index contributed by atoms with van der Waals surface area (Å²) >= 11 is 6.20. The van der Waals surface area contributed by atoms with Crippen LogP contribution < -0.4 is 10.2 Å². The van der Waals surface area contributed by atoms with Crippen LogP contribution in [0.5, 0.6) is 0 Å². The van der Waals surface area contributed by atoms with Gasteiger partial charge in [0.15, 0.2) is 0 Å². The van der Waals surface area contributed by atoms with E-state index in [9.17, 15) is 4.79 Å². The summed E-state index contributed by atoms with van der Waals surface area (Å²) in [6.45, 7) is 5.44. The first-order valence-corrected chi connectivity index (χ1v) is 8.45. The van der Waals surface area contributed by atoms with Gasteiger partial charge >= 0.3 is 6.03 Å². The Morgan fingerprint density at radius 1 is 1.21 bits per heavy atom. The number of carbonyl (C=O) groups excluding carboxylic acids is 1. The number of hydrogen-bond acceptors (Lipinski definition) is 3. The van der Waals surface area contributed by atoms with Crippen molar-refractivity contribution in [2.24, 2.45) is 0 Å². The summed E-state index contributed by atoms with van der Waals surface area (Å²) in [5.41, 5.74) is 3.05. The largest absolute Gasteiger partial charge is 0.368 e. The van der Waals surface area contributed by atoms with Crippen LogP contribution >= 0.6 is 11.6 Å². The average molecular weight is 345 g/mol. The molecule has 2 amide bonds. The van der Waals surface area contributed by atoms with Crippen molar-refractivity contribution in [1.82, 2.24) is 15.2 Å². The Labute approximate surface area is 147 Å². The molecule has 24 heavy (non-hydrogen) atoms. The number of aromatic nitrogens is 1. The maximum Gasteiger partial charge on any atom is 0.317 e. The molecule has 5 nitrogen and oxygen atoms in total. The fraction of sp³-hybridized carbons (Fsp3) is 0.333. The van der Waals surface area contributed by atoms with Crippen LogP contribution in [0.1, 0.15) is 11.3 Å². The number of nitrogens with zero attached hydrogens (tertiary/aromatic N) is 3. The minimum atomic E-state index is -0.0396. The zero-order valence-corrected chi connectivity index (χ0v) is 14.5. The number of urea groups is 1. The highest BCUT2D eigenvalue weighted by atomic mass is 35.5. The molecule has 1 aromatic heterocycles. The normalized spacial score (nSPS) is 14.6. The van der Waals surface area contributed by atoms with E-state index in [4.69, 9.17) is 11.6 Å². The molecule has 1 fully saturated rings. The van der Waals surface area contributed by atoms with Crippen LogP contribution in [0, 0.1) is 6.92 Å². The summed E-state index contributed by atoms with van der Waals surface area (Å²) in [6.07, 6.45) is 1.73. The lowest BCUT2D eigenvalue weighted by molar-refractivity contribution is 0.194. The molecular weight excluding hydrogens is 324 g/mol. The van der Waals surface area contributed by atoms with Crippen LogP contribution in [0.3, 0.4) is 0 Å². The Bertz CT molecular complexity index is 699. The zero-order valence-electron chi connectivity index (χ0n) is 13.7. The molecule has 126 valence electrons. The van der Waals surface area contributed by atoms with Crippen molar-refractivity contribution in [3.63, 3.8) is 0 Å². The maximum absolute atomic E-state index is 12.3. The van der Waals surface area contributed by atoms with E-state index in [0.717, 1.165) is 35.1 Å². The summed E-state index contributed by atoms with van der Waals surface area (Å²) in [7, 11) is 0. The predicted molar refractivity (Wildman–Crippen MR) is 96.4 cm³/mol. The maximum atomic E-state index is 12.3. The van der Waals surface area contributed by atoms with Crippen molar-refractivity contribution in [3.05, 3.63) is 58.9 Å². The van der Waals surface area contributed by atoms with E-state index in [0.29, 0.717) is 19.6 Å². The molecule has 3 rings (SSSR count). The Hall–Kier alpha value is -2.27. The molecule has 1 aromatic carbocycles. The monoisotopic (exact) mass is 344 g/mol. The van der Waals surface area contributed by atoms with Gasteiger partial charge in [-0.25, -0.2) is 4.79 Å². The lowest BCUT2D eigenvalue weighted by Gasteiger charge is -2.36. The van der Waals surface area contributed by atoms with E-state index >= 15 is 0 Å². The number of rotatable bonds is 3. The van der Waals surface area contributed by atoms with Gasteiger partial charge in [0, 0.05) is 43.1 Å². The van der Waals surface area contributed by atoms with Crippen LogP contribution in [0.2, 0.25) is 5.02 Å². The second-order valence-electron chi connectivity index (χ2n) is 5.89. The number of benzene rings is 1. The molecule has 0 bridgehead atoms. The van der Waals surface area contributed by atoms with Crippen molar-refractivity contribution in [2.45, 2.75) is 13.5 Å². The molecule has 1 aliphatic rings. The number of carbonyl (C=O) groups is 1. The van der Waals surface area contributed by atoms with E-state index < -0.39 is 0 Å². The van der Waals surface area contributed by atoms with Gasteiger partial charge in [-0.2, -0.15) is 0 Å². The van der Waals surface area contributed by atoms with Gasteiger partial charge in [-0.15, -0.1) is 0 Å². The third-order valence-electron chi connectivity index (χ3n) is 4.23. The molecule has 2 aromatic rings. The van der Waals surface area contributed by atoms with Crippen molar-refractivity contribution < 1.29 is 4.79 Å². The summed E-state index contributed by atoms with van der Waals surface area (Å²) in [6, 6.07) is 11.7. The number of nitrogens with one attached hydrogen (secondary N) is 1. The Balaban J connectivity index is 1.51. The Kier molecular flexibility index (Phi) is 5.20. The molecular formula is C18H21ClN4O. The summed E-state index contributed by atoms with van der Waals surface area (Å²) in [4.78, 5) is 20.6. The molecule has 0 saturated carbocycles. The van der Waals surface area contributed by atoms with Crippen molar-refractivity contribution in [1.29, 1.82) is 0 Å². The summed E-state index contributed by atoms with van der Waals surface area (Å²) < 4.78 is 0. The molecule has 1 saturated heterocycles. The molecule has 1 N–H and O–H groups in total. The number of hydrogen-bond donors (Lipinski definition) is 1. The van der Waals surface area contributed by atoms with E-state index in [1.807, 2.05) is 42.2 Å². The first-order valence-electron chi connectivity index (χ1n) is 8.07. The van der Waals surface area contributed by atoms with Gasteiger partial charge < -0.3 is 15.1 Å². The third-order valence-corrected chi connectivity index (χ3v) is 4.64. The lowest BCUT2D eigenvalue weighted by Crippen LogP contribution is -2.51. The number of anilines is 1. The van der Waals surface area contributed by atoms with Crippen LogP contribution in [0.4, 0.5) is 10.5 Å². The zero-order chi connectivity index (χ0) is 16.9. The van der Waals surface area contributed by atoms with Crippen LogP contribution in [0.15, 0.2) is 42.6 Å². The molecule has 0 aliphatic carbocycles. The van der Waals surface area contributed by atoms with Crippen LogP contribution in [-0.4, -0.2) is 42.1 Å². The molecule has 0 unspecified atom stereocenters. The highest BCUT2D eigenvalue weighted by Crippen LogP contribution is 2.24. The van der Waals surface area contributed by atoms with E-state index in [1.165, 1.54) is 0 Å². The van der Waals surface area contributed by atoms with Crippen LogP contribution in [0.25, 0.3) is 0 Å². The minimum Gasteiger partial charge on any atom is -0.368 e. The van der Waals surface area contributed by atoms with Gasteiger partial charge in [0.05, 0.1) is 12.2 Å². The number of amides is 2. The first-order chi connectivity index (χ1) is 11.6. The van der Waals surface area contributed by atoms with Gasteiger partial charge in [-0.1, -0.05) is 23.7 Å². The van der Waals surface area contributed by atoms with E-state index in [2.05, 4.69) is 21.3 Å². The lowest BCUT2D eigenvalue weighted by atomic mass is 10.2. The van der Waals surface area contributed by atoms with Gasteiger partial charge in [-0.3, -0.25) is 4.98 Å². The highest BCUT2D eigenvalue weighted by molar-refractivity contribution is 6.31. The van der Waals surface area contributed by atoms with E-state index in [-0.39, 0.29) is 6.03 Å². The second-order valence-corrected chi connectivity index (χ2v) is 6.29. The molecule has 1 aliphatic heterocycles. The first kappa shape index (κ1) is 16.6. The molecule has 2 heterocycles. The third kappa shape index (κ3) is 3.97. The Morgan fingerprint density at radius 2 is 2.00 bits per heavy atom. The second kappa shape index (κ2) is 7.53. The van der Waals surface area contributed by atoms with Crippen molar-refractivity contribution in [2.75, 3.05) is 31.1 Å². The van der Waals surface area contributed by atoms with Crippen molar-refractivity contribution >= 4 is 23.3 Å². The average Bonchev–Trinajstić information content (AvgIpc) is 2.63. The number of piperazine rings is 1.